The summed E-state index contributed by atoms with van der Waals surface area (Å²) in [5.41, 5.74) is 10.6. The lowest BCUT2D eigenvalue weighted by Gasteiger charge is -2.20. The standard InChI is InChI=1S/C24H26N4O2.C22H26N6O2/c29-19-7-5-15-17(19)13-25-23-21(15)22-16-6-8-20(30)18(16)14-26-24(22)28(23)12-11-27-9-3-1-2-4-10-27;1-5-27(6-2)7-8-28-19-17(15-11-25(3)21(29)13(15)9-23-19)18-16-12-26(4)22(30)14(16)10-24-20(18)28/h13-14H,1-12H2;9-10H,5-8,11-12H2,1-4H3. The largest absolute Gasteiger partial charge is 0.337 e. The van der Waals surface area contributed by atoms with E-state index in [0.29, 0.717) is 37.1 Å². The highest BCUT2D eigenvalue weighted by Crippen LogP contribution is 2.41. The average molecular weight is 809 g/mol. The second kappa shape index (κ2) is 15.1. The Balaban J connectivity index is 0.000000144. The van der Waals surface area contributed by atoms with Crippen molar-refractivity contribution in [1.82, 2.24) is 48.7 Å². The van der Waals surface area contributed by atoms with Crippen molar-refractivity contribution < 1.29 is 19.2 Å². The van der Waals surface area contributed by atoms with Gasteiger partial charge in [0.25, 0.3) is 11.8 Å². The summed E-state index contributed by atoms with van der Waals surface area (Å²) in [5.74, 6) is 0.359. The van der Waals surface area contributed by atoms with Crippen molar-refractivity contribution in [3.05, 3.63) is 69.3 Å². The van der Waals surface area contributed by atoms with Crippen LogP contribution in [0.15, 0.2) is 24.8 Å². The van der Waals surface area contributed by atoms with Gasteiger partial charge in [0.2, 0.25) is 0 Å². The van der Waals surface area contributed by atoms with Crippen molar-refractivity contribution in [3.8, 4) is 0 Å². The lowest BCUT2D eigenvalue weighted by molar-refractivity contribution is 0.0809. The Morgan fingerprint density at radius 3 is 1.38 bits per heavy atom. The third kappa shape index (κ3) is 6.04. The number of hydrogen-bond acceptors (Lipinski definition) is 10. The maximum atomic E-state index is 12.6. The van der Waals surface area contributed by atoms with Gasteiger partial charge < -0.3 is 28.7 Å². The minimum atomic E-state index is -0.00262. The third-order valence-electron chi connectivity index (χ3n) is 13.8. The van der Waals surface area contributed by atoms with Gasteiger partial charge in [-0.15, -0.1) is 0 Å². The van der Waals surface area contributed by atoms with Crippen LogP contribution in [-0.4, -0.2) is 125 Å². The molecule has 0 N–H and O–H groups in total. The summed E-state index contributed by atoms with van der Waals surface area (Å²) >= 11 is 0. The van der Waals surface area contributed by atoms with E-state index in [0.717, 1.165) is 143 Å². The molecule has 9 heterocycles. The van der Waals surface area contributed by atoms with Gasteiger partial charge in [0, 0.05) is 124 Å². The van der Waals surface area contributed by atoms with E-state index < -0.39 is 0 Å². The van der Waals surface area contributed by atoms with E-state index in [4.69, 9.17) is 19.9 Å². The van der Waals surface area contributed by atoms with Crippen LogP contribution in [0, 0.1) is 0 Å². The Kier molecular flexibility index (Phi) is 9.74. The number of hydrogen-bond donors (Lipinski definition) is 0. The maximum absolute atomic E-state index is 12.6. The topological polar surface area (TPSA) is 143 Å². The van der Waals surface area contributed by atoms with E-state index >= 15 is 0 Å². The monoisotopic (exact) mass is 808 g/mol. The van der Waals surface area contributed by atoms with Crippen LogP contribution in [0.4, 0.5) is 0 Å². The maximum Gasteiger partial charge on any atom is 0.255 e. The SMILES string of the molecule is CCN(CC)CCn1c2ncc3c(c2c2c4c(cnc21)C(=O)N(C)C4)CN(C)C3=O.O=C1CCc2c1cnc1c2c2c3c(cnc2n1CCN1CCCCCC1)C(=O)CC3. The molecule has 0 atom stereocenters. The van der Waals surface area contributed by atoms with Gasteiger partial charge >= 0.3 is 0 Å². The number of aromatic nitrogens is 6. The first-order valence-electron chi connectivity index (χ1n) is 21.8. The second-order valence-electron chi connectivity index (χ2n) is 17.2. The first kappa shape index (κ1) is 38.6. The van der Waals surface area contributed by atoms with Crippen molar-refractivity contribution in [2.24, 2.45) is 0 Å². The Morgan fingerprint density at radius 1 is 0.517 bits per heavy atom. The Bertz CT molecular complexity index is 2620. The van der Waals surface area contributed by atoms with Crippen LogP contribution in [0.2, 0.25) is 0 Å². The molecule has 0 saturated carbocycles. The van der Waals surface area contributed by atoms with Gasteiger partial charge in [0.15, 0.2) is 11.6 Å². The van der Waals surface area contributed by atoms with Crippen molar-refractivity contribution >= 4 is 67.5 Å². The van der Waals surface area contributed by atoms with Crippen molar-refractivity contribution in [3.63, 3.8) is 0 Å². The van der Waals surface area contributed by atoms with Crippen LogP contribution in [0.25, 0.3) is 44.1 Å². The van der Waals surface area contributed by atoms with Crippen molar-refractivity contribution in [2.75, 3.05) is 53.4 Å². The molecule has 1 saturated heterocycles. The molecule has 0 spiro atoms. The van der Waals surface area contributed by atoms with Gasteiger partial charge in [0.1, 0.15) is 22.6 Å². The summed E-state index contributed by atoms with van der Waals surface area (Å²) in [4.78, 5) is 77.3. The minimum absolute atomic E-state index is 0.00262. The van der Waals surface area contributed by atoms with Crippen LogP contribution in [0.3, 0.4) is 0 Å². The fraction of sp³-hybridized carbons (Fsp3) is 0.478. The highest BCUT2D eigenvalue weighted by molar-refractivity contribution is 6.18. The number of aryl methyl sites for hydroxylation is 2. The lowest BCUT2D eigenvalue weighted by Crippen LogP contribution is -2.28. The summed E-state index contributed by atoms with van der Waals surface area (Å²) in [6.45, 7) is 13.2. The summed E-state index contributed by atoms with van der Waals surface area (Å²) in [5, 5.41) is 4.10. The molecular formula is C46H52N10O4. The van der Waals surface area contributed by atoms with Gasteiger partial charge in [-0.05, 0) is 74.1 Å². The van der Waals surface area contributed by atoms with Gasteiger partial charge in [-0.3, -0.25) is 19.2 Å². The number of Topliss-reactive ketones (excluding diaryl/α,β-unsaturated/α-hetero) is 2. The summed E-state index contributed by atoms with van der Waals surface area (Å²) in [7, 11) is 3.63. The number of carbonyl (C=O) groups is 4. The molecule has 0 unspecified atom stereocenters. The fourth-order valence-electron chi connectivity index (χ4n) is 10.5. The summed E-state index contributed by atoms with van der Waals surface area (Å²) in [6.07, 6.45) is 14.8. The molecule has 6 aromatic rings. The lowest BCUT2D eigenvalue weighted by atomic mass is 10.0. The molecule has 310 valence electrons. The number of carbonyl (C=O) groups excluding carboxylic acids is 4. The molecule has 1 fully saturated rings. The van der Waals surface area contributed by atoms with E-state index in [1.165, 1.54) is 25.7 Å². The predicted molar refractivity (Wildman–Crippen MR) is 230 cm³/mol. The molecule has 2 aliphatic carbocycles. The molecule has 0 aromatic carbocycles. The molecule has 3 aliphatic heterocycles. The highest BCUT2D eigenvalue weighted by atomic mass is 16.2. The van der Waals surface area contributed by atoms with Crippen LogP contribution < -0.4 is 0 Å². The van der Waals surface area contributed by atoms with E-state index in [9.17, 15) is 19.2 Å². The quantitative estimate of drug-likeness (QED) is 0.185. The molecule has 14 heteroatoms. The Morgan fingerprint density at radius 2 is 0.933 bits per heavy atom. The van der Waals surface area contributed by atoms with Gasteiger partial charge in [0.05, 0.1) is 11.1 Å². The molecule has 5 aliphatic rings. The predicted octanol–water partition coefficient (Wildman–Crippen LogP) is 5.82. The van der Waals surface area contributed by atoms with E-state index in [1.54, 1.807) is 34.6 Å². The number of nitrogens with zero attached hydrogens (tertiary/aromatic N) is 10. The first-order chi connectivity index (χ1) is 29.2. The molecule has 6 aromatic heterocycles. The number of amides is 2. The molecule has 11 rings (SSSR count). The number of likely N-dealkylation sites (N-methyl/N-ethyl adjacent to an activating group) is 1. The number of rotatable bonds is 8. The summed E-state index contributed by atoms with van der Waals surface area (Å²) in [6, 6.07) is 0. The minimum Gasteiger partial charge on any atom is -0.337 e. The van der Waals surface area contributed by atoms with Crippen molar-refractivity contribution in [1.29, 1.82) is 0 Å². The molecule has 0 bridgehead atoms. The zero-order chi connectivity index (χ0) is 41.4. The number of ketones is 2. The van der Waals surface area contributed by atoms with Gasteiger partial charge in [-0.1, -0.05) is 26.7 Å². The molecular weight excluding hydrogens is 757 g/mol. The summed E-state index contributed by atoms with van der Waals surface area (Å²) < 4.78 is 4.40. The first-order valence-corrected chi connectivity index (χ1v) is 21.8. The smallest absolute Gasteiger partial charge is 0.255 e. The van der Waals surface area contributed by atoms with E-state index in [2.05, 4.69) is 32.8 Å². The number of pyridine rings is 4. The van der Waals surface area contributed by atoms with Gasteiger partial charge in [-0.2, -0.15) is 0 Å². The van der Waals surface area contributed by atoms with Crippen molar-refractivity contribution in [2.45, 2.75) is 91.4 Å². The highest BCUT2D eigenvalue weighted by Gasteiger charge is 2.35. The normalized spacial score (nSPS) is 17.8. The molecule has 60 heavy (non-hydrogen) atoms. The zero-order valence-electron chi connectivity index (χ0n) is 35.1. The Labute approximate surface area is 348 Å². The number of likely N-dealkylation sites (tertiary alicyclic amines) is 1. The average Bonchev–Trinajstić information content (AvgIpc) is 4.06. The van der Waals surface area contributed by atoms with Crippen LogP contribution in [0.1, 0.15) is 116 Å². The fourth-order valence-corrected chi connectivity index (χ4v) is 10.5. The van der Waals surface area contributed by atoms with Crippen LogP contribution in [0.5, 0.6) is 0 Å². The third-order valence-corrected chi connectivity index (χ3v) is 13.8. The zero-order valence-corrected chi connectivity index (χ0v) is 35.1. The van der Waals surface area contributed by atoms with E-state index in [-0.39, 0.29) is 23.4 Å². The Hall–Kier alpha value is -5.60. The van der Waals surface area contributed by atoms with Crippen LogP contribution >= 0.6 is 0 Å². The second-order valence-corrected chi connectivity index (χ2v) is 17.2. The molecule has 0 radical (unpaired) electrons. The molecule has 2 amide bonds. The van der Waals surface area contributed by atoms with Gasteiger partial charge in [-0.25, -0.2) is 19.9 Å². The van der Waals surface area contributed by atoms with Crippen LogP contribution in [-0.2, 0) is 39.0 Å². The number of fused-ring (bicyclic) bond motifs is 14. The molecule has 14 nitrogen and oxygen atoms in total. The van der Waals surface area contributed by atoms with E-state index in [1.807, 2.05) is 14.1 Å².